The first kappa shape index (κ1) is 74.5. The molecule has 4 aliphatic carbocycles. The second-order valence-electron chi connectivity index (χ2n) is 33.7. The van der Waals surface area contributed by atoms with Crippen molar-refractivity contribution in [1.29, 1.82) is 0 Å². The molecule has 0 radical (unpaired) electrons. The SMILES string of the molecule is CC1(C)OB(c2ccc3c(c2)-c2ccccc2C32CCCCC2)OC1(C)C.Clc1cccc(-c2cccc(-c3nc(-c4ccccc4)nc(-c4ccc5c(c4)oc4ccccc45)n3)c2)c1.c1ccc(-c2nc(-c3cccc(-c4cccc(-c5ccc6c(c5)-c5ccccc5C65CCCCC5)c4)c3)nc(-c3ccc4c(c3)oc3ccccc34)n2)cc1. The van der Waals surface area contributed by atoms with E-state index in [1.807, 2.05) is 152 Å². The van der Waals surface area contributed by atoms with Gasteiger partial charge >= 0.3 is 7.12 Å². The van der Waals surface area contributed by atoms with Gasteiger partial charge in [0.25, 0.3) is 0 Å². The van der Waals surface area contributed by atoms with E-state index in [1.165, 1.54) is 120 Å². The summed E-state index contributed by atoms with van der Waals surface area (Å²) in [6, 6.07) is 114. The zero-order chi connectivity index (χ0) is 80.7. The van der Waals surface area contributed by atoms with Crippen LogP contribution in [0.3, 0.4) is 0 Å². The molecule has 23 rings (SSSR count). The van der Waals surface area contributed by atoms with E-state index in [4.69, 9.17) is 59.6 Å². The van der Waals surface area contributed by atoms with E-state index >= 15 is 0 Å². The lowest BCUT2D eigenvalue weighted by molar-refractivity contribution is 0.00578. The molecule has 18 aromatic rings. The van der Waals surface area contributed by atoms with Crippen molar-refractivity contribution in [2.24, 2.45) is 0 Å². The maximum Gasteiger partial charge on any atom is 0.494 e. The summed E-state index contributed by atoms with van der Waals surface area (Å²) in [6.07, 6.45) is 13.0. The summed E-state index contributed by atoms with van der Waals surface area (Å²) in [7, 11) is -0.296. The van der Waals surface area contributed by atoms with Gasteiger partial charge in [-0.05, 0) is 210 Å². The number of furan rings is 2. The van der Waals surface area contributed by atoms with Crippen LogP contribution in [0, 0.1) is 0 Å². The van der Waals surface area contributed by atoms with Gasteiger partial charge < -0.3 is 18.1 Å². The molecule has 4 aromatic heterocycles. The number of aromatic nitrogens is 6. The minimum atomic E-state index is -0.306. The number of rotatable bonds is 10. The van der Waals surface area contributed by atoms with Gasteiger partial charge in [0.05, 0.1) is 11.2 Å². The third kappa shape index (κ3) is 13.5. The van der Waals surface area contributed by atoms with Gasteiger partial charge in [-0.15, -0.1) is 0 Å². The van der Waals surface area contributed by atoms with Crippen molar-refractivity contribution in [3.63, 3.8) is 0 Å². The number of halogens is 1. The quantitative estimate of drug-likeness (QED) is 0.122. The number of fused-ring (bicyclic) bond motifs is 16. The van der Waals surface area contributed by atoms with Crippen molar-refractivity contribution in [1.82, 2.24) is 29.9 Å². The molecule has 0 bridgehead atoms. The van der Waals surface area contributed by atoms with E-state index in [1.54, 1.807) is 0 Å². The Kier molecular flexibility index (Phi) is 18.9. The molecule has 1 aliphatic heterocycles. The van der Waals surface area contributed by atoms with Gasteiger partial charge in [0.1, 0.15) is 22.3 Å². The van der Waals surface area contributed by atoms with Gasteiger partial charge in [-0.3, -0.25) is 0 Å². The summed E-state index contributed by atoms with van der Waals surface area (Å²) in [6.45, 7) is 8.47. The van der Waals surface area contributed by atoms with Crippen molar-refractivity contribution >= 4 is 68.1 Å². The summed E-state index contributed by atoms with van der Waals surface area (Å²) in [5.74, 6) is 3.66. The maximum atomic E-state index is 6.31. The number of hydrogen-bond acceptors (Lipinski definition) is 10. The molecule has 1 saturated heterocycles. The fraction of sp³-hybridized carbons (Fsp3) is 0.167. The van der Waals surface area contributed by atoms with Crippen LogP contribution in [-0.2, 0) is 20.1 Å². The summed E-state index contributed by atoms with van der Waals surface area (Å²) in [5.41, 5.74) is 28.2. The summed E-state index contributed by atoms with van der Waals surface area (Å²) < 4.78 is 25.0. The Morgan fingerprint density at radius 2 is 0.575 bits per heavy atom. The highest BCUT2D eigenvalue weighted by atomic mass is 35.5. The lowest BCUT2D eigenvalue weighted by Crippen LogP contribution is -2.41. The molecule has 582 valence electrons. The molecule has 0 N–H and O–H groups in total. The van der Waals surface area contributed by atoms with Crippen molar-refractivity contribution < 1.29 is 18.1 Å². The Labute approximate surface area is 704 Å². The van der Waals surface area contributed by atoms with Gasteiger partial charge in [0, 0.05) is 70.8 Å². The van der Waals surface area contributed by atoms with Gasteiger partial charge in [-0.25, -0.2) is 29.9 Å². The zero-order valence-corrected chi connectivity index (χ0v) is 68.3. The molecule has 0 atom stereocenters. The number of para-hydroxylation sites is 2. The highest BCUT2D eigenvalue weighted by molar-refractivity contribution is 6.62. The second kappa shape index (κ2) is 30.4. The van der Waals surface area contributed by atoms with Crippen LogP contribution in [0.2, 0.25) is 5.02 Å². The average Bonchev–Trinajstić information content (AvgIpc) is 1.56. The van der Waals surface area contributed by atoms with Gasteiger partial charge in [-0.2, -0.15) is 0 Å². The van der Waals surface area contributed by atoms with Gasteiger partial charge in [0.2, 0.25) is 0 Å². The fourth-order valence-electron chi connectivity index (χ4n) is 19.3. The van der Waals surface area contributed by atoms with E-state index in [-0.39, 0.29) is 29.2 Å². The molecule has 0 amide bonds. The lowest BCUT2D eigenvalue weighted by atomic mass is 9.67. The summed E-state index contributed by atoms with van der Waals surface area (Å²) in [5, 5.41) is 5.03. The standard InChI is InChI=1S/C51H37N3O.C33H20ClN3O.C24H29BO2/c1-3-13-33(14-4-1)48-52-49(54-50(53-48)39-23-25-42-41-20-6-8-22-46(41)55-47(42)32-39)38-18-12-17-36(30-38)34-15-11-16-35(29-34)37-24-26-45-43(31-37)40-19-5-7-21-44(40)51(45)27-9-2-10-28-51;34-26-13-7-11-23(19-26)22-10-6-12-24(18-22)32-35-31(21-8-2-1-3-9-21)36-33(37-32)25-16-17-28-27-14-4-5-15-29(27)38-30(28)20-25;1-22(2)23(3,4)27-25(26-22)17-12-13-21-19(16-17)18-10-6-7-11-20(18)24(21)14-8-5-9-15-24/h1,3-8,11-26,29-32H,2,9-10,27-28H2;1-20H;6-7,10-13,16H,5,8-9,14-15H2,1-4H3. The predicted molar refractivity (Wildman–Crippen MR) is 489 cm³/mol. The zero-order valence-electron chi connectivity index (χ0n) is 67.5. The van der Waals surface area contributed by atoms with E-state index < -0.39 is 0 Å². The van der Waals surface area contributed by atoms with Crippen LogP contribution in [0.25, 0.3) is 168 Å². The third-order valence-electron chi connectivity index (χ3n) is 26.0. The molecule has 12 heteroatoms. The van der Waals surface area contributed by atoms with Gasteiger partial charge in [0.15, 0.2) is 34.9 Å². The average molecular weight is 1580 g/mol. The van der Waals surface area contributed by atoms with Crippen LogP contribution in [0.1, 0.15) is 114 Å². The van der Waals surface area contributed by atoms with Gasteiger partial charge in [-0.1, -0.05) is 305 Å². The first-order valence-electron chi connectivity index (χ1n) is 42.1. The van der Waals surface area contributed by atoms with E-state index in [0.717, 1.165) is 105 Å². The minimum absolute atomic E-state index is 0.167. The van der Waals surface area contributed by atoms with Crippen molar-refractivity contribution in [3.05, 3.63) is 355 Å². The molecule has 3 fully saturated rings. The monoisotopic (exact) mass is 1580 g/mol. The fourth-order valence-corrected chi connectivity index (χ4v) is 19.5. The Morgan fingerprint density at radius 3 is 1.03 bits per heavy atom. The van der Waals surface area contributed by atoms with Crippen LogP contribution in [0.5, 0.6) is 0 Å². The van der Waals surface area contributed by atoms with Crippen LogP contribution >= 0.6 is 11.6 Å². The van der Waals surface area contributed by atoms with E-state index in [0.29, 0.717) is 40.0 Å². The first-order valence-corrected chi connectivity index (χ1v) is 42.5. The molecular formula is C108H86BClN6O4. The number of nitrogens with zero attached hydrogens (tertiary/aromatic N) is 6. The molecular weight excluding hydrogens is 1490 g/mol. The topological polar surface area (TPSA) is 122 Å². The second-order valence-corrected chi connectivity index (χ2v) is 34.2. The minimum Gasteiger partial charge on any atom is -0.456 e. The number of benzene rings is 14. The van der Waals surface area contributed by atoms with Crippen LogP contribution in [0.15, 0.2) is 336 Å². The highest BCUT2D eigenvalue weighted by Gasteiger charge is 2.53. The summed E-state index contributed by atoms with van der Waals surface area (Å²) >= 11 is 6.26. The lowest BCUT2D eigenvalue weighted by Gasteiger charge is -2.36. The Bertz CT molecular complexity index is 6990. The predicted octanol–water partition coefficient (Wildman–Crippen LogP) is 27.6. The van der Waals surface area contributed by atoms with Crippen molar-refractivity contribution in [2.45, 2.75) is 114 Å². The largest absolute Gasteiger partial charge is 0.494 e. The molecule has 0 unspecified atom stereocenters. The Morgan fingerprint density at radius 1 is 0.250 bits per heavy atom. The highest BCUT2D eigenvalue weighted by Crippen LogP contribution is 2.58. The third-order valence-corrected chi connectivity index (χ3v) is 26.3. The molecule has 2 saturated carbocycles. The van der Waals surface area contributed by atoms with Crippen LogP contribution in [0.4, 0.5) is 0 Å². The molecule has 5 aliphatic rings. The molecule has 2 spiro atoms. The molecule has 14 aromatic carbocycles. The maximum absolute atomic E-state index is 6.31. The Hall–Kier alpha value is -13.0. The van der Waals surface area contributed by atoms with Crippen LogP contribution < -0.4 is 5.46 Å². The molecule has 5 heterocycles. The number of hydrogen-bond donors (Lipinski definition) is 0. The Balaban J connectivity index is 0.000000119. The van der Waals surface area contributed by atoms with E-state index in [9.17, 15) is 0 Å². The summed E-state index contributed by atoms with van der Waals surface area (Å²) in [4.78, 5) is 29.8. The van der Waals surface area contributed by atoms with Crippen LogP contribution in [-0.4, -0.2) is 48.2 Å². The van der Waals surface area contributed by atoms with E-state index in [2.05, 4.69) is 204 Å². The normalized spacial score (nSPS) is 15.6. The molecule has 10 nitrogen and oxygen atoms in total. The molecule has 120 heavy (non-hydrogen) atoms. The smallest absolute Gasteiger partial charge is 0.456 e. The van der Waals surface area contributed by atoms with Crippen molar-refractivity contribution in [3.8, 4) is 124 Å². The van der Waals surface area contributed by atoms with Crippen molar-refractivity contribution in [2.75, 3.05) is 0 Å². The first-order chi connectivity index (χ1) is 58.7.